The van der Waals surface area contributed by atoms with Gasteiger partial charge in [-0.05, 0) is 24.1 Å². The van der Waals surface area contributed by atoms with Crippen molar-refractivity contribution in [2.24, 2.45) is 7.05 Å². The van der Waals surface area contributed by atoms with Crippen molar-refractivity contribution in [3.63, 3.8) is 0 Å². The first-order chi connectivity index (χ1) is 8.65. The standard InChI is InChI=1S/C15H14N2O/c1-10-4-3-5-11(6-10)13-7-12(18)8-15-14(13)9-16-17(15)2/h3-9,18H,1-2H3. The lowest BCUT2D eigenvalue weighted by Gasteiger charge is -2.06. The van der Waals surface area contributed by atoms with Gasteiger partial charge in [-0.15, -0.1) is 0 Å². The number of aromatic nitrogens is 2. The fourth-order valence-electron chi connectivity index (χ4n) is 2.28. The molecule has 0 spiro atoms. The van der Waals surface area contributed by atoms with Crippen molar-refractivity contribution in [1.82, 2.24) is 9.78 Å². The highest BCUT2D eigenvalue weighted by Crippen LogP contribution is 2.32. The van der Waals surface area contributed by atoms with Gasteiger partial charge in [-0.3, -0.25) is 4.68 Å². The summed E-state index contributed by atoms with van der Waals surface area (Å²) in [6.07, 6.45) is 1.84. The molecule has 0 amide bonds. The van der Waals surface area contributed by atoms with E-state index in [0.29, 0.717) is 0 Å². The van der Waals surface area contributed by atoms with Gasteiger partial charge in [0.15, 0.2) is 0 Å². The Labute approximate surface area is 105 Å². The first kappa shape index (κ1) is 10.8. The zero-order chi connectivity index (χ0) is 12.7. The SMILES string of the molecule is Cc1cccc(-c2cc(O)cc3c2cnn3C)c1. The Bertz CT molecular complexity index is 728. The molecule has 3 heteroatoms. The summed E-state index contributed by atoms with van der Waals surface area (Å²) >= 11 is 0. The third kappa shape index (κ3) is 1.64. The van der Waals surface area contributed by atoms with Crippen molar-refractivity contribution >= 4 is 10.9 Å². The number of hydrogen-bond acceptors (Lipinski definition) is 2. The van der Waals surface area contributed by atoms with Crippen LogP contribution in [-0.2, 0) is 7.05 Å². The highest BCUT2D eigenvalue weighted by Gasteiger charge is 2.09. The summed E-state index contributed by atoms with van der Waals surface area (Å²) in [4.78, 5) is 0. The Hall–Kier alpha value is -2.29. The van der Waals surface area contributed by atoms with E-state index in [1.54, 1.807) is 16.8 Å². The smallest absolute Gasteiger partial charge is 0.118 e. The van der Waals surface area contributed by atoms with Crippen molar-refractivity contribution in [3.05, 3.63) is 48.2 Å². The predicted octanol–water partition coefficient (Wildman–Crippen LogP) is 3.25. The topological polar surface area (TPSA) is 38.1 Å². The van der Waals surface area contributed by atoms with E-state index >= 15 is 0 Å². The predicted molar refractivity (Wildman–Crippen MR) is 72.6 cm³/mol. The van der Waals surface area contributed by atoms with Gasteiger partial charge in [0.2, 0.25) is 0 Å². The molecule has 18 heavy (non-hydrogen) atoms. The van der Waals surface area contributed by atoms with Crippen LogP contribution in [0, 0.1) is 6.92 Å². The summed E-state index contributed by atoms with van der Waals surface area (Å²) in [5.74, 6) is 0.266. The number of aryl methyl sites for hydroxylation is 2. The summed E-state index contributed by atoms with van der Waals surface area (Å²) in [5.41, 5.74) is 4.25. The number of rotatable bonds is 1. The third-order valence-corrected chi connectivity index (χ3v) is 3.18. The van der Waals surface area contributed by atoms with Crippen LogP contribution in [0.2, 0.25) is 0 Å². The number of fused-ring (bicyclic) bond motifs is 1. The molecule has 0 radical (unpaired) electrons. The molecule has 0 saturated carbocycles. The van der Waals surface area contributed by atoms with Gasteiger partial charge in [0.1, 0.15) is 5.75 Å². The second kappa shape index (κ2) is 3.88. The average Bonchev–Trinajstić information content (AvgIpc) is 2.70. The second-order valence-corrected chi connectivity index (χ2v) is 4.56. The molecule has 1 heterocycles. The van der Waals surface area contributed by atoms with Gasteiger partial charge in [-0.2, -0.15) is 5.10 Å². The number of hydrogen-bond donors (Lipinski definition) is 1. The first-order valence-corrected chi connectivity index (χ1v) is 5.87. The molecule has 0 bridgehead atoms. The van der Waals surface area contributed by atoms with Crippen LogP contribution in [0.4, 0.5) is 0 Å². The van der Waals surface area contributed by atoms with E-state index in [1.807, 2.05) is 25.4 Å². The molecule has 0 fully saturated rings. The van der Waals surface area contributed by atoms with Crippen molar-refractivity contribution in [2.45, 2.75) is 6.92 Å². The van der Waals surface area contributed by atoms with Gasteiger partial charge in [0.05, 0.1) is 11.7 Å². The summed E-state index contributed by atoms with van der Waals surface area (Å²) < 4.78 is 1.77. The molecule has 0 aliphatic rings. The molecular weight excluding hydrogens is 224 g/mol. The van der Waals surface area contributed by atoms with Gasteiger partial charge < -0.3 is 5.11 Å². The normalized spacial score (nSPS) is 11.0. The van der Waals surface area contributed by atoms with Crippen molar-refractivity contribution in [2.75, 3.05) is 0 Å². The van der Waals surface area contributed by atoms with Gasteiger partial charge >= 0.3 is 0 Å². The Morgan fingerprint density at radius 3 is 2.78 bits per heavy atom. The molecule has 3 rings (SSSR count). The van der Waals surface area contributed by atoms with Crippen molar-refractivity contribution in [3.8, 4) is 16.9 Å². The highest BCUT2D eigenvalue weighted by atomic mass is 16.3. The van der Waals surface area contributed by atoms with Crippen LogP contribution in [-0.4, -0.2) is 14.9 Å². The fourth-order valence-corrected chi connectivity index (χ4v) is 2.28. The fraction of sp³-hybridized carbons (Fsp3) is 0.133. The third-order valence-electron chi connectivity index (χ3n) is 3.18. The molecule has 90 valence electrons. The van der Waals surface area contributed by atoms with E-state index in [4.69, 9.17) is 0 Å². The molecular formula is C15H14N2O. The zero-order valence-corrected chi connectivity index (χ0v) is 10.4. The van der Waals surface area contributed by atoms with E-state index in [9.17, 15) is 5.11 Å². The van der Waals surface area contributed by atoms with Crippen molar-refractivity contribution < 1.29 is 5.11 Å². The minimum atomic E-state index is 0.266. The number of phenolic OH excluding ortho intramolecular Hbond substituents is 1. The average molecular weight is 238 g/mol. The van der Waals surface area contributed by atoms with Crippen LogP contribution in [0.1, 0.15) is 5.56 Å². The Kier molecular flexibility index (Phi) is 2.33. The van der Waals surface area contributed by atoms with Crippen LogP contribution in [0.5, 0.6) is 5.75 Å². The van der Waals surface area contributed by atoms with Gasteiger partial charge in [-0.25, -0.2) is 0 Å². The van der Waals surface area contributed by atoms with Gasteiger partial charge in [-0.1, -0.05) is 29.8 Å². The summed E-state index contributed by atoms with van der Waals surface area (Å²) in [6.45, 7) is 2.06. The van der Waals surface area contributed by atoms with Crippen LogP contribution in [0.15, 0.2) is 42.6 Å². The maximum atomic E-state index is 9.84. The molecule has 1 N–H and O–H groups in total. The molecule has 0 unspecified atom stereocenters. The first-order valence-electron chi connectivity index (χ1n) is 5.87. The van der Waals surface area contributed by atoms with Crippen molar-refractivity contribution in [1.29, 1.82) is 0 Å². The lowest BCUT2D eigenvalue weighted by molar-refractivity contribution is 0.476. The van der Waals surface area contributed by atoms with E-state index < -0.39 is 0 Å². The Morgan fingerprint density at radius 2 is 2.00 bits per heavy atom. The van der Waals surface area contributed by atoms with Crippen LogP contribution in [0.25, 0.3) is 22.0 Å². The largest absolute Gasteiger partial charge is 0.508 e. The number of aromatic hydroxyl groups is 1. The van der Waals surface area contributed by atoms with E-state index in [2.05, 4.69) is 24.2 Å². The van der Waals surface area contributed by atoms with Gasteiger partial charge in [0.25, 0.3) is 0 Å². The minimum absolute atomic E-state index is 0.266. The number of nitrogens with zero attached hydrogens (tertiary/aromatic N) is 2. The quantitative estimate of drug-likeness (QED) is 0.706. The number of phenols is 1. The Morgan fingerprint density at radius 1 is 1.17 bits per heavy atom. The lowest BCUT2D eigenvalue weighted by Crippen LogP contribution is -1.89. The maximum absolute atomic E-state index is 9.84. The van der Waals surface area contributed by atoms with E-state index in [1.165, 1.54) is 5.56 Å². The molecule has 2 aromatic carbocycles. The summed E-state index contributed by atoms with van der Waals surface area (Å²) in [5, 5.41) is 15.2. The maximum Gasteiger partial charge on any atom is 0.118 e. The zero-order valence-electron chi connectivity index (χ0n) is 10.4. The molecule has 3 aromatic rings. The summed E-state index contributed by atoms with van der Waals surface area (Å²) in [7, 11) is 1.88. The number of benzene rings is 2. The molecule has 3 nitrogen and oxygen atoms in total. The minimum Gasteiger partial charge on any atom is -0.508 e. The monoisotopic (exact) mass is 238 g/mol. The lowest BCUT2D eigenvalue weighted by atomic mass is 10.00. The van der Waals surface area contributed by atoms with Gasteiger partial charge in [0, 0.05) is 18.5 Å². The molecule has 0 atom stereocenters. The van der Waals surface area contributed by atoms with E-state index in [-0.39, 0.29) is 5.75 Å². The van der Waals surface area contributed by atoms with E-state index in [0.717, 1.165) is 22.0 Å². The molecule has 0 aliphatic heterocycles. The summed E-state index contributed by atoms with van der Waals surface area (Å²) in [6, 6.07) is 11.8. The second-order valence-electron chi connectivity index (χ2n) is 4.56. The van der Waals surface area contributed by atoms with Crippen LogP contribution in [0.3, 0.4) is 0 Å². The van der Waals surface area contributed by atoms with Crippen LogP contribution >= 0.6 is 0 Å². The highest BCUT2D eigenvalue weighted by molar-refractivity contribution is 5.95. The Balaban J connectivity index is 2.35. The molecule has 0 saturated heterocycles. The molecule has 0 aliphatic carbocycles. The molecule has 1 aromatic heterocycles. The van der Waals surface area contributed by atoms with Crippen LogP contribution < -0.4 is 0 Å².